The van der Waals surface area contributed by atoms with E-state index in [0.717, 1.165) is 5.57 Å². The van der Waals surface area contributed by atoms with Gasteiger partial charge in [-0.05, 0) is 18.8 Å². The lowest BCUT2D eigenvalue weighted by Gasteiger charge is -2.28. The van der Waals surface area contributed by atoms with E-state index in [1.807, 2.05) is 19.9 Å². The Morgan fingerprint density at radius 2 is 2.00 bits per heavy atom. The molecule has 1 heterocycles. The summed E-state index contributed by atoms with van der Waals surface area (Å²) >= 11 is 0. The number of hydrogen-bond donors (Lipinski definition) is 0. The Morgan fingerprint density at radius 3 is 2.50 bits per heavy atom. The molecule has 0 aromatic heterocycles. The van der Waals surface area contributed by atoms with Crippen molar-refractivity contribution in [3.63, 3.8) is 0 Å². The van der Waals surface area contributed by atoms with Gasteiger partial charge >= 0.3 is 0 Å². The first kappa shape index (κ1) is 9.78. The van der Waals surface area contributed by atoms with Gasteiger partial charge in [0, 0.05) is 0 Å². The molecule has 1 saturated heterocycles. The molecule has 0 bridgehead atoms. The molecule has 2 atom stereocenters. The minimum absolute atomic E-state index is 0.273. The molecule has 0 saturated carbocycles. The van der Waals surface area contributed by atoms with Crippen molar-refractivity contribution in [1.29, 1.82) is 0 Å². The van der Waals surface area contributed by atoms with Crippen LogP contribution in [0.5, 0.6) is 0 Å². The van der Waals surface area contributed by atoms with Crippen LogP contribution in [0.25, 0.3) is 0 Å². The second-order valence-corrected chi connectivity index (χ2v) is 5.79. The van der Waals surface area contributed by atoms with Crippen molar-refractivity contribution in [3.8, 4) is 0 Å². The van der Waals surface area contributed by atoms with Crippen LogP contribution in [0.1, 0.15) is 20.8 Å². The zero-order valence-corrected chi connectivity index (χ0v) is 8.69. The predicted octanol–water partition coefficient (Wildman–Crippen LogP) is 1.63. The molecule has 12 heavy (non-hydrogen) atoms. The molecule has 0 aromatic rings. The highest BCUT2D eigenvalue weighted by atomic mass is 32.2. The van der Waals surface area contributed by atoms with Gasteiger partial charge in [0.15, 0.2) is 9.84 Å². The van der Waals surface area contributed by atoms with Crippen molar-refractivity contribution >= 4 is 9.84 Å². The lowest BCUT2D eigenvalue weighted by Crippen LogP contribution is -2.31. The van der Waals surface area contributed by atoms with E-state index in [1.54, 1.807) is 0 Å². The Hall–Kier alpha value is -0.310. The van der Waals surface area contributed by atoms with E-state index >= 15 is 0 Å². The van der Waals surface area contributed by atoms with Gasteiger partial charge in [0.2, 0.25) is 0 Å². The van der Waals surface area contributed by atoms with Gasteiger partial charge in [-0.15, -0.1) is 0 Å². The lowest BCUT2D eigenvalue weighted by atomic mass is 9.90. The van der Waals surface area contributed by atoms with Gasteiger partial charge in [-0.25, -0.2) is 8.42 Å². The van der Waals surface area contributed by atoms with E-state index < -0.39 is 9.84 Å². The van der Waals surface area contributed by atoms with Crippen LogP contribution in [0.4, 0.5) is 0 Å². The van der Waals surface area contributed by atoms with Crippen LogP contribution in [-0.2, 0) is 9.84 Å². The summed E-state index contributed by atoms with van der Waals surface area (Å²) in [6.07, 6.45) is 1.94. The second-order valence-electron chi connectivity index (χ2n) is 3.68. The number of allylic oxidation sites excluding steroid dienone is 1. The van der Waals surface area contributed by atoms with Gasteiger partial charge in [-0.1, -0.05) is 25.5 Å². The summed E-state index contributed by atoms with van der Waals surface area (Å²) in [4.78, 5) is 0. The quantitative estimate of drug-likeness (QED) is 0.541. The highest BCUT2D eigenvalue weighted by Crippen LogP contribution is 2.28. The SMILES string of the molecule is C/C=C1\CS(=O)(=O)CC(C)C1C. The molecule has 0 spiro atoms. The first-order valence-corrected chi connectivity index (χ1v) is 6.14. The molecule has 2 nitrogen and oxygen atoms in total. The molecule has 0 N–H and O–H groups in total. The fourth-order valence-corrected chi connectivity index (χ4v) is 3.85. The monoisotopic (exact) mass is 188 g/mol. The fraction of sp³-hybridized carbons (Fsp3) is 0.778. The van der Waals surface area contributed by atoms with Crippen molar-refractivity contribution in [2.24, 2.45) is 11.8 Å². The summed E-state index contributed by atoms with van der Waals surface area (Å²) in [5.41, 5.74) is 1.08. The zero-order chi connectivity index (χ0) is 9.35. The van der Waals surface area contributed by atoms with Gasteiger partial charge in [-0.3, -0.25) is 0 Å². The standard InChI is InChI=1S/C9H16O2S/c1-4-9-6-12(10,11)5-7(2)8(9)3/h4,7-8H,5-6H2,1-3H3/b9-4+. The molecule has 0 radical (unpaired) electrons. The Labute approximate surface area is 74.6 Å². The average Bonchev–Trinajstić information content (AvgIpc) is 1.96. The molecule has 1 aliphatic heterocycles. The van der Waals surface area contributed by atoms with E-state index in [9.17, 15) is 8.42 Å². The van der Waals surface area contributed by atoms with Crippen LogP contribution < -0.4 is 0 Å². The zero-order valence-electron chi connectivity index (χ0n) is 7.87. The summed E-state index contributed by atoms with van der Waals surface area (Å²) in [6, 6.07) is 0. The Kier molecular flexibility index (Phi) is 2.61. The third-order valence-corrected chi connectivity index (χ3v) is 4.52. The van der Waals surface area contributed by atoms with Gasteiger partial charge in [0.05, 0.1) is 11.5 Å². The van der Waals surface area contributed by atoms with E-state index in [-0.39, 0.29) is 11.7 Å². The molecule has 1 aliphatic rings. The first-order valence-electron chi connectivity index (χ1n) is 4.32. The summed E-state index contributed by atoms with van der Waals surface area (Å²) in [5.74, 6) is 1.33. The maximum atomic E-state index is 11.3. The van der Waals surface area contributed by atoms with Crippen LogP contribution in [-0.4, -0.2) is 19.9 Å². The molecule has 1 fully saturated rings. The molecule has 2 unspecified atom stereocenters. The van der Waals surface area contributed by atoms with Crippen LogP contribution in [0.15, 0.2) is 11.6 Å². The van der Waals surface area contributed by atoms with Crippen molar-refractivity contribution in [2.75, 3.05) is 11.5 Å². The molecular weight excluding hydrogens is 172 g/mol. The highest BCUT2D eigenvalue weighted by Gasteiger charge is 2.30. The first-order chi connectivity index (χ1) is 5.46. The summed E-state index contributed by atoms with van der Waals surface area (Å²) < 4.78 is 22.7. The maximum absolute atomic E-state index is 11.3. The Bertz CT molecular complexity index is 288. The van der Waals surface area contributed by atoms with Crippen LogP contribution >= 0.6 is 0 Å². The molecular formula is C9H16O2S. The normalized spacial score (nSPS) is 38.4. The summed E-state index contributed by atoms with van der Waals surface area (Å²) in [7, 11) is -2.79. The molecule has 70 valence electrons. The van der Waals surface area contributed by atoms with E-state index in [0.29, 0.717) is 11.7 Å². The predicted molar refractivity (Wildman–Crippen MR) is 50.7 cm³/mol. The third-order valence-electron chi connectivity index (χ3n) is 2.71. The Morgan fingerprint density at radius 1 is 1.42 bits per heavy atom. The van der Waals surface area contributed by atoms with Gasteiger partial charge in [-0.2, -0.15) is 0 Å². The molecule has 0 aromatic carbocycles. The second kappa shape index (κ2) is 3.21. The number of hydrogen-bond acceptors (Lipinski definition) is 2. The maximum Gasteiger partial charge on any atom is 0.154 e. The summed E-state index contributed by atoms with van der Waals surface area (Å²) in [6.45, 7) is 6.03. The number of rotatable bonds is 0. The van der Waals surface area contributed by atoms with Crippen molar-refractivity contribution in [2.45, 2.75) is 20.8 Å². The van der Waals surface area contributed by atoms with Crippen molar-refractivity contribution in [3.05, 3.63) is 11.6 Å². The van der Waals surface area contributed by atoms with E-state index in [2.05, 4.69) is 6.92 Å². The van der Waals surface area contributed by atoms with E-state index in [4.69, 9.17) is 0 Å². The smallest absolute Gasteiger partial charge is 0.154 e. The minimum Gasteiger partial charge on any atom is -0.228 e. The van der Waals surface area contributed by atoms with Gasteiger partial charge < -0.3 is 0 Å². The Balaban J connectivity index is 2.94. The van der Waals surface area contributed by atoms with Crippen LogP contribution in [0.3, 0.4) is 0 Å². The van der Waals surface area contributed by atoms with Crippen molar-refractivity contribution in [1.82, 2.24) is 0 Å². The third kappa shape index (κ3) is 1.89. The lowest BCUT2D eigenvalue weighted by molar-refractivity contribution is 0.456. The topological polar surface area (TPSA) is 34.1 Å². The molecule has 1 rings (SSSR count). The minimum atomic E-state index is -2.79. The van der Waals surface area contributed by atoms with Crippen molar-refractivity contribution < 1.29 is 8.42 Å². The average molecular weight is 188 g/mol. The molecule has 3 heteroatoms. The van der Waals surface area contributed by atoms with Crippen LogP contribution in [0.2, 0.25) is 0 Å². The summed E-state index contributed by atoms with van der Waals surface area (Å²) in [5, 5.41) is 0. The molecule has 0 aliphatic carbocycles. The largest absolute Gasteiger partial charge is 0.228 e. The van der Waals surface area contributed by atoms with E-state index in [1.165, 1.54) is 0 Å². The van der Waals surface area contributed by atoms with Gasteiger partial charge in [0.1, 0.15) is 0 Å². The van der Waals surface area contributed by atoms with Crippen LogP contribution in [0, 0.1) is 11.8 Å². The number of sulfone groups is 1. The van der Waals surface area contributed by atoms with Gasteiger partial charge in [0.25, 0.3) is 0 Å². The molecule has 0 amide bonds. The fourth-order valence-electron chi connectivity index (χ4n) is 1.70. The highest BCUT2D eigenvalue weighted by molar-refractivity contribution is 7.91.